The first-order chi connectivity index (χ1) is 13.9. The highest BCUT2D eigenvalue weighted by Crippen LogP contribution is 2.42. The van der Waals surface area contributed by atoms with Crippen LogP contribution in [0.15, 0.2) is 47.6 Å². The number of rotatable bonds is 6. The second kappa shape index (κ2) is 7.54. The van der Waals surface area contributed by atoms with E-state index in [1.165, 1.54) is 22.9 Å². The summed E-state index contributed by atoms with van der Waals surface area (Å²) in [6, 6.07) is 11.1. The van der Waals surface area contributed by atoms with Crippen LogP contribution in [0, 0.1) is 0 Å². The van der Waals surface area contributed by atoms with Crippen LogP contribution in [0.2, 0.25) is 0 Å². The van der Waals surface area contributed by atoms with Gasteiger partial charge in [0.1, 0.15) is 5.75 Å². The number of halogens is 2. The first-order valence-electron chi connectivity index (χ1n) is 8.19. The minimum absolute atomic E-state index is 0.00112. The summed E-state index contributed by atoms with van der Waals surface area (Å²) in [7, 11) is 1.57. The molecule has 9 nitrogen and oxygen atoms in total. The number of aromatic nitrogens is 4. The fraction of sp³-hybridized carbons (Fsp3) is 0.176. The van der Waals surface area contributed by atoms with Gasteiger partial charge in [-0.2, -0.15) is 4.68 Å². The van der Waals surface area contributed by atoms with E-state index in [0.717, 1.165) is 11.8 Å². The molecule has 0 spiro atoms. The minimum Gasteiger partial charge on any atom is -0.497 e. The van der Waals surface area contributed by atoms with Crippen molar-refractivity contribution in [3.05, 3.63) is 42.5 Å². The van der Waals surface area contributed by atoms with E-state index in [0.29, 0.717) is 22.3 Å². The largest absolute Gasteiger partial charge is 0.586 e. The summed E-state index contributed by atoms with van der Waals surface area (Å²) in [5, 5.41) is 14.5. The van der Waals surface area contributed by atoms with Crippen LogP contribution >= 0.6 is 11.8 Å². The van der Waals surface area contributed by atoms with Crippen LogP contribution in [-0.2, 0) is 4.79 Å². The summed E-state index contributed by atoms with van der Waals surface area (Å²) in [4.78, 5) is 12.2. The van der Waals surface area contributed by atoms with Crippen LogP contribution in [0.3, 0.4) is 0 Å². The maximum Gasteiger partial charge on any atom is 0.586 e. The van der Waals surface area contributed by atoms with Gasteiger partial charge in [-0.15, -0.1) is 13.9 Å². The highest BCUT2D eigenvalue weighted by molar-refractivity contribution is 7.99. The highest BCUT2D eigenvalue weighted by Gasteiger charge is 2.43. The lowest BCUT2D eigenvalue weighted by molar-refractivity contribution is -0.286. The third kappa shape index (κ3) is 4.21. The van der Waals surface area contributed by atoms with E-state index in [1.54, 1.807) is 31.4 Å². The number of benzene rings is 2. The van der Waals surface area contributed by atoms with Gasteiger partial charge in [-0.25, -0.2) is 0 Å². The molecule has 0 atom stereocenters. The number of hydrogen-bond acceptors (Lipinski definition) is 8. The van der Waals surface area contributed by atoms with Crippen LogP contribution < -0.4 is 19.5 Å². The maximum absolute atomic E-state index is 13.1. The van der Waals surface area contributed by atoms with E-state index in [1.807, 2.05) is 0 Å². The monoisotopic (exact) mass is 421 g/mol. The molecule has 1 aromatic heterocycles. The number of nitrogens with one attached hydrogen (secondary N) is 1. The molecule has 1 aliphatic rings. The van der Waals surface area contributed by atoms with Crippen molar-refractivity contribution in [2.24, 2.45) is 0 Å². The molecule has 12 heteroatoms. The Hall–Kier alpha value is -3.41. The molecule has 2 heterocycles. The second-order valence-corrected chi connectivity index (χ2v) is 6.68. The zero-order valence-electron chi connectivity index (χ0n) is 14.8. The number of amides is 1. The molecule has 0 bridgehead atoms. The van der Waals surface area contributed by atoms with Gasteiger partial charge in [-0.1, -0.05) is 11.8 Å². The smallest absolute Gasteiger partial charge is 0.497 e. The van der Waals surface area contributed by atoms with Gasteiger partial charge in [0, 0.05) is 11.8 Å². The van der Waals surface area contributed by atoms with Gasteiger partial charge in [0.25, 0.3) is 0 Å². The molecule has 29 heavy (non-hydrogen) atoms. The Bertz CT molecular complexity index is 1040. The zero-order valence-corrected chi connectivity index (χ0v) is 15.7. The molecule has 0 radical (unpaired) electrons. The maximum atomic E-state index is 13.1. The summed E-state index contributed by atoms with van der Waals surface area (Å²) in [6.07, 6.45) is -3.71. The Morgan fingerprint density at radius 2 is 1.97 bits per heavy atom. The number of methoxy groups -OCH3 is 1. The average Bonchev–Trinajstić information content (AvgIpc) is 3.28. The van der Waals surface area contributed by atoms with Crippen LogP contribution in [0.4, 0.5) is 14.5 Å². The van der Waals surface area contributed by atoms with E-state index < -0.39 is 6.29 Å². The molecule has 0 unspecified atom stereocenters. The van der Waals surface area contributed by atoms with Crippen molar-refractivity contribution < 1.29 is 27.8 Å². The normalized spacial score (nSPS) is 13.9. The van der Waals surface area contributed by atoms with Crippen molar-refractivity contribution >= 4 is 23.4 Å². The first-order valence-corrected chi connectivity index (χ1v) is 9.17. The fourth-order valence-corrected chi connectivity index (χ4v) is 3.20. The topological polar surface area (TPSA) is 100 Å². The summed E-state index contributed by atoms with van der Waals surface area (Å²) >= 11 is 1.12. The Kier molecular flexibility index (Phi) is 4.92. The van der Waals surface area contributed by atoms with Crippen LogP contribution in [-0.4, -0.2) is 45.3 Å². The van der Waals surface area contributed by atoms with Crippen LogP contribution in [0.25, 0.3) is 5.69 Å². The highest BCUT2D eigenvalue weighted by atomic mass is 32.2. The number of carbonyl (C=O) groups excluding carboxylic acids is 1. The van der Waals surface area contributed by atoms with Gasteiger partial charge in [0.2, 0.25) is 11.1 Å². The lowest BCUT2D eigenvalue weighted by atomic mass is 10.3. The Balaban J connectivity index is 1.38. The van der Waals surface area contributed by atoms with Crippen LogP contribution in [0.1, 0.15) is 0 Å². The third-order valence-electron chi connectivity index (χ3n) is 3.78. The number of fused-ring (bicyclic) bond motifs is 1. The van der Waals surface area contributed by atoms with E-state index in [-0.39, 0.29) is 23.2 Å². The molecule has 3 aromatic rings. The molecule has 0 fully saturated rings. The van der Waals surface area contributed by atoms with Gasteiger partial charge in [-0.05, 0) is 46.8 Å². The Morgan fingerprint density at radius 1 is 1.21 bits per heavy atom. The third-order valence-corrected chi connectivity index (χ3v) is 4.69. The van der Waals surface area contributed by atoms with Gasteiger partial charge >= 0.3 is 6.29 Å². The second-order valence-electron chi connectivity index (χ2n) is 5.74. The average molecular weight is 421 g/mol. The summed E-state index contributed by atoms with van der Waals surface area (Å²) in [5.41, 5.74) is 1.00. The van der Waals surface area contributed by atoms with Crippen molar-refractivity contribution in [1.29, 1.82) is 0 Å². The van der Waals surface area contributed by atoms with Crippen molar-refractivity contribution in [2.75, 3.05) is 18.2 Å². The molecule has 0 aliphatic carbocycles. The number of hydrogen-bond donors (Lipinski definition) is 1. The number of alkyl halides is 2. The lowest BCUT2D eigenvalue weighted by Crippen LogP contribution is -2.25. The predicted octanol–water partition coefficient (Wildman–Crippen LogP) is 2.72. The number of nitrogens with zero attached hydrogens (tertiary/aromatic N) is 4. The molecule has 1 amide bonds. The number of tetrazole rings is 1. The number of thioether (sulfide) groups is 1. The van der Waals surface area contributed by atoms with E-state index >= 15 is 0 Å². The molecule has 150 valence electrons. The number of carbonyl (C=O) groups is 1. The molecule has 1 N–H and O–H groups in total. The standard InChI is InChI=1S/C17H13F2N5O4S/c1-26-12-5-3-11(4-6-12)24-16(21-22-23-24)29-9-15(25)20-10-2-7-13-14(8-10)28-17(18,19)27-13/h2-8H,9H2,1H3,(H,20,25). The molecule has 1 aliphatic heterocycles. The van der Waals surface area contributed by atoms with Crippen LogP contribution in [0.5, 0.6) is 17.2 Å². The molecule has 4 rings (SSSR count). The van der Waals surface area contributed by atoms with Crippen molar-refractivity contribution in [3.8, 4) is 22.9 Å². The number of anilines is 1. The minimum atomic E-state index is -3.71. The molecule has 2 aromatic carbocycles. The Morgan fingerprint density at radius 3 is 2.72 bits per heavy atom. The van der Waals surface area contributed by atoms with Gasteiger partial charge in [0.05, 0.1) is 18.6 Å². The summed E-state index contributed by atoms with van der Waals surface area (Å²) in [5.74, 6) is 0.0768. The van der Waals surface area contributed by atoms with Gasteiger partial charge in [0.15, 0.2) is 11.5 Å². The summed E-state index contributed by atoms with van der Waals surface area (Å²) in [6.45, 7) is 0. The van der Waals surface area contributed by atoms with E-state index in [2.05, 4.69) is 30.3 Å². The predicted molar refractivity (Wildman–Crippen MR) is 97.7 cm³/mol. The molecular weight excluding hydrogens is 408 g/mol. The molecular formula is C17H13F2N5O4S. The van der Waals surface area contributed by atoms with Crippen molar-refractivity contribution in [1.82, 2.24) is 20.2 Å². The SMILES string of the molecule is COc1ccc(-n2nnnc2SCC(=O)Nc2ccc3c(c2)OC(F)(F)O3)cc1. The molecule has 0 saturated heterocycles. The van der Waals surface area contributed by atoms with E-state index in [4.69, 9.17) is 4.74 Å². The fourth-order valence-electron chi connectivity index (χ4n) is 2.51. The Labute approximate surface area is 166 Å². The van der Waals surface area contributed by atoms with Gasteiger partial charge < -0.3 is 19.5 Å². The van der Waals surface area contributed by atoms with E-state index in [9.17, 15) is 13.6 Å². The first kappa shape index (κ1) is 18.9. The number of ether oxygens (including phenoxy) is 3. The quantitative estimate of drug-likeness (QED) is 0.607. The summed E-state index contributed by atoms with van der Waals surface area (Å²) < 4.78 is 41.4. The molecule has 0 saturated carbocycles. The lowest BCUT2D eigenvalue weighted by Gasteiger charge is -2.07. The van der Waals surface area contributed by atoms with Crippen molar-refractivity contribution in [2.45, 2.75) is 11.5 Å². The van der Waals surface area contributed by atoms with Gasteiger partial charge in [-0.3, -0.25) is 4.79 Å². The zero-order chi connectivity index (χ0) is 20.4. The van der Waals surface area contributed by atoms with Crippen molar-refractivity contribution in [3.63, 3.8) is 0 Å².